The van der Waals surface area contributed by atoms with Crippen LogP contribution in [-0.4, -0.2) is 95.3 Å². The SMILES string of the molecule is COC(=O)c1ccc2nc(C)nc(N3C[C@H](O)[C@@H](N4CCN(C(=O)c5ccc(Cl)cc5)CC4)C3)c2c1. The van der Waals surface area contributed by atoms with Crippen LogP contribution in [-0.2, 0) is 4.74 Å². The van der Waals surface area contributed by atoms with E-state index in [4.69, 9.17) is 16.3 Å². The van der Waals surface area contributed by atoms with Gasteiger partial charge in [-0.1, -0.05) is 11.6 Å². The summed E-state index contributed by atoms with van der Waals surface area (Å²) in [4.78, 5) is 40.3. The molecule has 36 heavy (non-hydrogen) atoms. The minimum absolute atomic E-state index is 0.00995. The summed E-state index contributed by atoms with van der Waals surface area (Å²) < 4.78 is 4.87. The first-order chi connectivity index (χ1) is 17.3. The van der Waals surface area contributed by atoms with Crippen LogP contribution < -0.4 is 4.90 Å². The third-order valence-corrected chi connectivity index (χ3v) is 7.18. The second-order valence-corrected chi connectivity index (χ2v) is 9.63. The minimum Gasteiger partial charge on any atom is -0.465 e. The first kappa shape index (κ1) is 24.4. The summed E-state index contributed by atoms with van der Waals surface area (Å²) in [5.41, 5.74) is 1.78. The standard InChI is InChI=1S/C26H28ClN5O4/c1-16-28-21-8-5-18(26(35)36-2)13-20(21)24(29-16)32-14-22(23(33)15-32)30-9-11-31(12-10-30)25(34)17-3-6-19(27)7-4-17/h3-8,13,22-23,33H,9-12,14-15H2,1-2H3/t22-,23-/m0/s1. The minimum atomic E-state index is -0.572. The number of esters is 1. The quantitative estimate of drug-likeness (QED) is 0.535. The molecule has 5 rings (SSSR count). The highest BCUT2D eigenvalue weighted by Gasteiger charge is 2.38. The van der Waals surface area contributed by atoms with Crippen molar-refractivity contribution in [3.8, 4) is 0 Å². The molecule has 2 atom stereocenters. The lowest BCUT2D eigenvalue weighted by Gasteiger charge is -2.38. The van der Waals surface area contributed by atoms with Crippen LogP contribution in [0, 0.1) is 6.92 Å². The van der Waals surface area contributed by atoms with Crippen molar-refractivity contribution in [3.63, 3.8) is 0 Å². The van der Waals surface area contributed by atoms with Gasteiger partial charge < -0.3 is 19.6 Å². The van der Waals surface area contributed by atoms with Crippen molar-refractivity contribution in [1.29, 1.82) is 0 Å². The molecule has 10 heteroatoms. The molecule has 1 aromatic heterocycles. The molecule has 0 aliphatic carbocycles. The predicted molar refractivity (Wildman–Crippen MR) is 137 cm³/mol. The Kier molecular flexibility index (Phi) is 6.79. The number of benzene rings is 2. The van der Waals surface area contributed by atoms with Crippen LogP contribution in [0.25, 0.3) is 10.9 Å². The number of halogens is 1. The number of aliphatic hydroxyl groups excluding tert-OH is 1. The molecule has 1 amide bonds. The Morgan fingerprint density at radius 2 is 1.69 bits per heavy atom. The number of ether oxygens (including phenoxy) is 1. The molecule has 2 aliphatic rings. The molecule has 2 fully saturated rings. The first-order valence-electron chi connectivity index (χ1n) is 11.9. The fourth-order valence-electron chi connectivity index (χ4n) is 5.04. The van der Waals surface area contributed by atoms with Crippen molar-refractivity contribution in [3.05, 3.63) is 64.4 Å². The number of hydrogen-bond acceptors (Lipinski definition) is 8. The molecule has 2 aromatic carbocycles. The smallest absolute Gasteiger partial charge is 0.337 e. The van der Waals surface area contributed by atoms with Gasteiger partial charge in [0.1, 0.15) is 11.6 Å². The zero-order chi connectivity index (χ0) is 25.4. The van der Waals surface area contributed by atoms with Crippen molar-refractivity contribution in [1.82, 2.24) is 19.8 Å². The van der Waals surface area contributed by atoms with E-state index in [1.165, 1.54) is 7.11 Å². The number of carbonyl (C=O) groups is 2. The number of anilines is 1. The summed E-state index contributed by atoms with van der Waals surface area (Å²) in [5.74, 6) is 0.884. The van der Waals surface area contributed by atoms with Gasteiger partial charge in [-0.2, -0.15) is 0 Å². The van der Waals surface area contributed by atoms with E-state index in [1.807, 2.05) is 11.8 Å². The second kappa shape index (κ2) is 10.0. The Labute approximate surface area is 214 Å². The molecule has 188 valence electrons. The zero-order valence-electron chi connectivity index (χ0n) is 20.2. The van der Waals surface area contributed by atoms with E-state index in [0.717, 1.165) is 10.9 Å². The molecule has 0 radical (unpaired) electrons. The van der Waals surface area contributed by atoms with Gasteiger partial charge >= 0.3 is 5.97 Å². The highest BCUT2D eigenvalue weighted by atomic mass is 35.5. The molecular weight excluding hydrogens is 482 g/mol. The average molecular weight is 510 g/mol. The third kappa shape index (κ3) is 4.74. The van der Waals surface area contributed by atoms with E-state index >= 15 is 0 Å². The number of piperazine rings is 1. The molecule has 1 N–H and O–H groups in total. The number of aromatic nitrogens is 2. The molecule has 2 saturated heterocycles. The van der Waals surface area contributed by atoms with Gasteiger partial charge in [0.15, 0.2) is 0 Å². The lowest BCUT2D eigenvalue weighted by molar-refractivity contribution is 0.0376. The van der Waals surface area contributed by atoms with Crippen molar-refractivity contribution in [2.75, 3.05) is 51.3 Å². The molecule has 0 unspecified atom stereocenters. The molecule has 0 saturated carbocycles. The zero-order valence-corrected chi connectivity index (χ0v) is 21.0. The van der Waals surface area contributed by atoms with Crippen molar-refractivity contribution < 1.29 is 19.4 Å². The topological polar surface area (TPSA) is 99.1 Å². The maximum absolute atomic E-state index is 12.9. The summed E-state index contributed by atoms with van der Waals surface area (Å²) in [5, 5.41) is 12.3. The number of hydrogen-bond donors (Lipinski definition) is 1. The number of aryl methyl sites for hydroxylation is 1. The molecule has 0 bridgehead atoms. The number of β-amino-alcohol motifs (C(OH)–C–C–N with tert-alkyl or cyclic N) is 1. The number of aliphatic hydroxyl groups is 1. The van der Waals surface area contributed by atoms with Gasteiger partial charge in [-0.25, -0.2) is 14.8 Å². The largest absolute Gasteiger partial charge is 0.465 e. The summed E-state index contributed by atoms with van der Waals surface area (Å²) in [7, 11) is 1.35. The van der Waals surface area contributed by atoms with E-state index < -0.39 is 12.1 Å². The Balaban J connectivity index is 1.30. The molecule has 3 aromatic rings. The summed E-state index contributed by atoms with van der Waals surface area (Å²) in [6.45, 7) is 5.35. The lowest BCUT2D eigenvalue weighted by Crippen LogP contribution is -2.54. The van der Waals surface area contributed by atoms with Gasteiger partial charge in [0.25, 0.3) is 5.91 Å². The highest BCUT2D eigenvalue weighted by molar-refractivity contribution is 6.30. The molecular formula is C26H28ClN5O4. The molecule has 9 nitrogen and oxygen atoms in total. The van der Waals surface area contributed by atoms with Gasteiger partial charge in [0.2, 0.25) is 0 Å². The van der Waals surface area contributed by atoms with Crippen LogP contribution in [0.15, 0.2) is 42.5 Å². The molecule has 3 heterocycles. The predicted octanol–water partition coefficient (Wildman–Crippen LogP) is 2.39. The van der Waals surface area contributed by atoms with Gasteiger partial charge in [0, 0.05) is 55.2 Å². The Morgan fingerprint density at radius 1 is 1.00 bits per heavy atom. The van der Waals surface area contributed by atoms with Crippen molar-refractivity contribution in [2.24, 2.45) is 0 Å². The van der Waals surface area contributed by atoms with E-state index in [-0.39, 0.29) is 11.9 Å². The maximum Gasteiger partial charge on any atom is 0.337 e. The van der Waals surface area contributed by atoms with Crippen LogP contribution in [0.5, 0.6) is 0 Å². The Bertz CT molecular complexity index is 1290. The third-order valence-electron chi connectivity index (χ3n) is 6.93. The van der Waals surface area contributed by atoms with Crippen molar-refractivity contribution in [2.45, 2.75) is 19.1 Å². The van der Waals surface area contributed by atoms with E-state index in [2.05, 4.69) is 19.8 Å². The van der Waals surface area contributed by atoms with Crippen molar-refractivity contribution >= 4 is 40.2 Å². The van der Waals surface area contributed by atoms with Gasteiger partial charge in [-0.3, -0.25) is 9.69 Å². The average Bonchev–Trinajstić information content (AvgIpc) is 3.28. The number of nitrogens with zero attached hydrogens (tertiary/aromatic N) is 5. The van der Waals surface area contributed by atoms with Crippen LogP contribution in [0.4, 0.5) is 5.82 Å². The van der Waals surface area contributed by atoms with E-state index in [1.54, 1.807) is 42.5 Å². The maximum atomic E-state index is 12.9. The van der Waals surface area contributed by atoms with Gasteiger partial charge in [0.05, 0.1) is 30.3 Å². The number of fused-ring (bicyclic) bond motifs is 1. The summed E-state index contributed by atoms with van der Waals surface area (Å²) in [6, 6.07) is 12.1. The summed E-state index contributed by atoms with van der Waals surface area (Å²) in [6.07, 6.45) is -0.572. The highest BCUT2D eigenvalue weighted by Crippen LogP contribution is 2.30. The monoisotopic (exact) mass is 509 g/mol. The lowest BCUT2D eigenvalue weighted by atomic mass is 10.1. The van der Waals surface area contributed by atoms with E-state index in [0.29, 0.717) is 67.1 Å². The van der Waals surface area contributed by atoms with Crippen LogP contribution in [0.2, 0.25) is 5.02 Å². The molecule has 0 spiro atoms. The second-order valence-electron chi connectivity index (χ2n) is 9.19. The van der Waals surface area contributed by atoms with Gasteiger partial charge in [-0.15, -0.1) is 0 Å². The summed E-state index contributed by atoms with van der Waals surface area (Å²) >= 11 is 5.94. The normalized spacial score (nSPS) is 20.7. The molecule has 2 aliphatic heterocycles. The van der Waals surface area contributed by atoms with Gasteiger partial charge in [-0.05, 0) is 49.4 Å². The van der Waals surface area contributed by atoms with Crippen LogP contribution in [0.1, 0.15) is 26.5 Å². The number of amides is 1. The van der Waals surface area contributed by atoms with Crippen LogP contribution in [0.3, 0.4) is 0 Å². The fraction of sp³-hybridized carbons (Fsp3) is 0.385. The number of methoxy groups -OCH3 is 1. The number of carbonyl (C=O) groups excluding carboxylic acids is 2. The Hall–Kier alpha value is -3.27. The first-order valence-corrected chi connectivity index (χ1v) is 12.3. The number of rotatable bonds is 4. The van der Waals surface area contributed by atoms with Crippen LogP contribution >= 0.6 is 11.6 Å². The fourth-order valence-corrected chi connectivity index (χ4v) is 5.17. The Morgan fingerprint density at radius 3 is 2.39 bits per heavy atom. The van der Waals surface area contributed by atoms with E-state index in [9.17, 15) is 14.7 Å².